The third-order valence-electron chi connectivity index (χ3n) is 2.21. The molecule has 2 saturated heterocycles. The van der Waals surface area contributed by atoms with E-state index >= 15 is 0 Å². The number of piperazine rings is 1. The topological polar surface area (TPSA) is 41.6 Å². The minimum Gasteiger partial charge on any atom is -0.369 e. The smallest absolute Gasteiger partial charge is 0.248 e. The quantitative estimate of drug-likeness (QED) is 0.480. The highest BCUT2D eigenvalue weighted by Crippen LogP contribution is 2.09. The molecular formula is C7H12N2O2. The summed E-state index contributed by atoms with van der Waals surface area (Å²) in [4.78, 5) is 13.1. The van der Waals surface area contributed by atoms with E-state index in [9.17, 15) is 4.79 Å². The summed E-state index contributed by atoms with van der Waals surface area (Å²) < 4.78 is 5.12. The Labute approximate surface area is 65.5 Å². The minimum atomic E-state index is 0.141. The predicted octanol–water partition coefficient (Wildman–Crippen LogP) is -1.18. The molecule has 0 aliphatic carbocycles. The average molecular weight is 156 g/mol. The normalized spacial score (nSPS) is 31.8. The van der Waals surface area contributed by atoms with Crippen LogP contribution in [0.5, 0.6) is 0 Å². The molecule has 0 unspecified atom stereocenters. The molecule has 1 N–H and O–H groups in total. The Kier molecular flexibility index (Phi) is 1.79. The second-order valence-electron chi connectivity index (χ2n) is 2.96. The second kappa shape index (κ2) is 2.79. The zero-order valence-electron chi connectivity index (χ0n) is 6.38. The van der Waals surface area contributed by atoms with E-state index in [1.807, 2.05) is 4.90 Å². The molecule has 0 spiro atoms. The lowest BCUT2D eigenvalue weighted by Crippen LogP contribution is -2.59. The molecule has 4 heteroatoms. The summed E-state index contributed by atoms with van der Waals surface area (Å²) in [7, 11) is 0. The van der Waals surface area contributed by atoms with Gasteiger partial charge in [0.05, 0.1) is 12.6 Å². The molecule has 4 nitrogen and oxygen atoms in total. The predicted molar refractivity (Wildman–Crippen MR) is 39.2 cm³/mol. The fraction of sp³-hybridized carbons (Fsp3) is 0.857. The third kappa shape index (κ3) is 1.23. The van der Waals surface area contributed by atoms with Crippen LogP contribution in [0.15, 0.2) is 0 Å². The first-order valence-corrected chi connectivity index (χ1v) is 3.96. The molecule has 2 heterocycles. The van der Waals surface area contributed by atoms with Gasteiger partial charge in [-0.25, -0.2) is 0 Å². The number of rotatable bonds is 0. The Balaban J connectivity index is 2.05. The van der Waals surface area contributed by atoms with E-state index in [1.54, 1.807) is 0 Å². The summed E-state index contributed by atoms with van der Waals surface area (Å²) in [6, 6.07) is 0.282. The van der Waals surface area contributed by atoms with Crippen LogP contribution in [-0.2, 0) is 9.53 Å². The van der Waals surface area contributed by atoms with Crippen LogP contribution < -0.4 is 5.32 Å². The Hall–Kier alpha value is -0.610. The summed E-state index contributed by atoms with van der Waals surface area (Å²) in [6.07, 6.45) is 0. The Bertz CT molecular complexity index is 170. The maximum atomic E-state index is 11.2. The fourth-order valence-corrected chi connectivity index (χ4v) is 1.60. The van der Waals surface area contributed by atoms with E-state index in [2.05, 4.69) is 5.32 Å². The molecule has 1 atom stereocenters. The number of carbonyl (C=O) groups excluding carboxylic acids is 1. The zero-order valence-corrected chi connectivity index (χ0v) is 6.38. The summed E-state index contributed by atoms with van der Waals surface area (Å²) in [5.74, 6) is 0.141. The summed E-state index contributed by atoms with van der Waals surface area (Å²) >= 11 is 0. The van der Waals surface area contributed by atoms with Gasteiger partial charge in [-0.3, -0.25) is 4.79 Å². The fourth-order valence-electron chi connectivity index (χ4n) is 1.60. The number of fused-ring (bicyclic) bond motifs is 1. The van der Waals surface area contributed by atoms with Crippen molar-refractivity contribution in [1.82, 2.24) is 10.2 Å². The standard InChI is InChI=1S/C7H12N2O2/c10-7-5-11-4-6-3-8-1-2-9(6)7/h6,8H,1-5H2/t6-/m1/s1. The summed E-state index contributed by atoms with van der Waals surface area (Å²) in [6.45, 7) is 3.61. The van der Waals surface area contributed by atoms with Crippen molar-refractivity contribution in [3.63, 3.8) is 0 Å². The molecule has 0 bridgehead atoms. The van der Waals surface area contributed by atoms with Gasteiger partial charge in [0.15, 0.2) is 0 Å². The molecule has 1 amide bonds. The molecule has 2 aliphatic rings. The van der Waals surface area contributed by atoms with E-state index in [1.165, 1.54) is 0 Å². The number of carbonyl (C=O) groups is 1. The van der Waals surface area contributed by atoms with Crippen molar-refractivity contribution in [2.75, 3.05) is 32.8 Å². The number of nitrogens with zero attached hydrogens (tertiary/aromatic N) is 1. The Morgan fingerprint density at radius 2 is 2.55 bits per heavy atom. The van der Waals surface area contributed by atoms with Gasteiger partial charge >= 0.3 is 0 Å². The first-order chi connectivity index (χ1) is 5.38. The van der Waals surface area contributed by atoms with Crippen molar-refractivity contribution in [3.8, 4) is 0 Å². The Morgan fingerprint density at radius 1 is 1.64 bits per heavy atom. The molecule has 0 saturated carbocycles. The van der Waals surface area contributed by atoms with Crippen molar-refractivity contribution < 1.29 is 9.53 Å². The number of hydrogen-bond acceptors (Lipinski definition) is 3. The number of morpholine rings is 1. The lowest BCUT2D eigenvalue weighted by atomic mass is 10.2. The van der Waals surface area contributed by atoms with E-state index < -0.39 is 0 Å². The van der Waals surface area contributed by atoms with E-state index in [0.717, 1.165) is 19.6 Å². The van der Waals surface area contributed by atoms with Crippen LogP contribution >= 0.6 is 0 Å². The van der Waals surface area contributed by atoms with E-state index in [-0.39, 0.29) is 18.6 Å². The molecule has 0 aromatic heterocycles. The molecular weight excluding hydrogens is 144 g/mol. The van der Waals surface area contributed by atoms with Gasteiger partial charge in [0, 0.05) is 19.6 Å². The van der Waals surface area contributed by atoms with Crippen LogP contribution in [0.3, 0.4) is 0 Å². The number of amides is 1. The molecule has 2 fully saturated rings. The van der Waals surface area contributed by atoms with Crippen LogP contribution in [0, 0.1) is 0 Å². The van der Waals surface area contributed by atoms with Gasteiger partial charge in [-0.05, 0) is 0 Å². The number of ether oxygens (including phenoxy) is 1. The maximum absolute atomic E-state index is 11.2. The SMILES string of the molecule is O=C1COC[C@H]2CNCCN12. The van der Waals surface area contributed by atoms with Crippen molar-refractivity contribution in [3.05, 3.63) is 0 Å². The second-order valence-corrected chi connectivity index (χ2v) is 2.96. The lowest BCUT2D eigenvalue weighted by Gasteiger charge is -2.39. The molecule has 62 valence electrons. The van der Waals surface area contributed by atoms with Gasteiger partial charge in [-0.2, -0.15) is 0 Å². The Morgan fingerprint density at radius 3 is 3.36 bits per heavy atom. The van der Waals surface area contributed by atoms with Gasteiger partial charge in [0.25, 0.3) is 0 Å². The molecule has 11 heavy (non-hydrogen) atoms. The highest BCUT2D eigenvalue weighted by Gasteiger charge is 2.30. The maximum Gasteiger partial charge on any atom is 0.248 e. The average Bonchev–Trinajstić information content (AvgIpc) is 2.06. The lowest BCUT2D eigenvalue weighted by molar-refractivity contribution is -0.149. The van der Waals surface area contributed by atoms with Crippen molar-refractivity contribution in [1.29, 1.82) is 0 Å². The van der Waals surface area contributed by atoms with Gasteiger partial charge in [0.1, 0.15) is 6.61 Å². The summed E-state index contributed by atoms with van der Waals surface area (Å²) in [5, 5.41) is 3.23. The summed E-state index contributed by atoms with van der Waals surface area (Å²) in [5.41, 5.74) is 0. The van der Waals surface area contributed by atoms with Gasteiger partial charge in [-0.15, -0.1) is 0 Å². The van der Waals surface area contributed by atoms with Crippen LogP contribution in [0.25, 0.3) is 0 Å². The number of hydrogen-bond donors (Lipinski definition) is 1. The van der Waals surface area contributed by atoms with Crippen molar-refractivity contribution in [2.24, 2.45) is 0 Å². The monoisotopic (exact) mass is 156 g/mol. The highest BCUT2D eigenvalue weighted by atomic mass is 16.5. The van der Waals surface area contributed by atoms with Gasteiger partial charge in [0.2, 0.25) is 5.91 Å². The largest absolute Gasteiger partial charge is 0.369 e. The number of nitrogens with one attached hydrogen (secondary N) is 1. The third-order valence-corrected chi connectivity index (χ3v) is 2.21. The van der Waals surface area contributed by atoms with Crippen LogP contribution in [-0.4, -0.2) is 49.7 Å². The molecule has 2 aliphatic heterocycles. The van der Waals surface area contributed by atoms with Gasteiger partial charge < -0.3 is 15.0 Å². The molecule has 0 aromatic rings. The van der Waals surface area contributed by atoms with Crippen LogP contribution in [0.4, 0.5) is 0 Å². The van der Waals surface area contributed by atoms with Crippen LogP contribution in [0.2, 0.25) is 0 Å². The zero-order chi connectivity index (χ0) is 7.68. The highest BCUT2D eigenvalue weighted by molar-refractivity contribution is 5.78. The van der Waals surface area contributed by atoms with Crippen molar-refractivity contribution in [2.45, 2.75) is 6.04 Å². The first kappa shape index (κ1) is 7.06. The molecule has 0 radical (unpaired) electrons. The van der Waals surface area contributed by atoms with Gasteiger partial charge in [-0.1, -0.05) is 0 Å². The minimum absolute atomic E-state index is 0.141. The molecule has 0 aromatic carbocycles. The molecule has 2 rings (SSSR count). The van der Waals surface area contributed by atoms with E-state index in [4.69, 9.17) is 4.74 Å². The van der Waals surface area contributed by atoms with Crippen LogP contribution in [0.1, 0.15) is 0 Å². The van der Waals surface area contributed by atoms with E-state index in [0.29, 0.717) is 6.61 Å². The first-order valence-electron chi connectivity index (χ1n) is 3.96. The van der Waals surface area contributed by atoms with Crippen molar-refractivity contribution >= 4 is 5.91 Å².